The molecule has 4 rings (SSSR count). The Balaban J connectivity index is 1.57. The summed E-state index contributed by atoms with van der Waals surface area (Å²) in [4.78, 5) is 33.2. The van der Waals surface area contributed by atoms with Crippen LogP contribution in [0, 0.1) is 5.82 Å². The molecule has 2 aliphatic rings. The number of nitrogens with zero attached hydrogens (tertiary/aromatic N) is 2. The second kappa shape index (κ2) is 8.22. The molecule has 0 spiro atoms. The smallest absolute Gasteiger partial charge is 0.410 e. The maximum atomic E-state index is 14.5. The molecule has 2 bridgehead atoms. The zero-order valence-electron chi connectivity index (χ0n) is 17.3. The number of amides is 1. The van der Waals surface area contributed by atoms with Gasteiger partial charge in [-0.05, 0) is 67.2 Å². The van der Waals surface area contributed by atoms with Crippen LogP contribution >= 0.6 is 27.5 Å². The SMILES string of the molecule is CC(C)(C)OC(=O)N1[C@H]2CC[C@@H]1[C@@H](COc1cc(Br)c(F)c3nc(Cl)[nH]c(=O)c13)NC2. The van der Waals surface area contributed by atoms with Gasteiger partial charge in [-0.3, -0.25) is 14.7 Å². The molecule has 2 fully saturated rings. The lowest BCUT2D eigenvalue weighted by atomic mass is 10.1. The molecular formula is C20H23BrClFN4O4. The van der Waals surface area contributed by atoms with E-state index < -0.39 is 17.0 Å². The van der Waals surface area contributed by atoms with Crippen LogP contribution in [0.1, 0.15) is 33.6 Å². The Morgan fingerprint density at radius 2 is 2.16 bits per heavy atom. The first kappa shape index (κ1) is 22.3. The van der Waals surface area contributed by atoms with E-state index in [2.05, 4.69) is 31.2 Å². The van der Waals surface area contributed by atoms with Crippen molar-refractivity contribution >= 4 is 44.5 Å². The minimum absolute atomic E-state index is 0.0193. The van der Waals surface area contributed by atoms with Crippen LogP contribution in [0.15, 0.2) is 15.3 Å². The molecule has 2 aromatic rings. The molecule has 1 aromatic carbocycles. The number of benzene rings is 1. The highest BCUT2D eigenvalue weighted by Gasteiger charge is 2.46. The Kier molecular flexibility index (Phi) is 5.91. The summed E-state index contributed by atoms with van der Waals surface area (Å²) >= 11 is 8.92. The molecule has 11 heteroatoms. The van der Waals surface area contributed by atoms with Crippen LogP contribution < -0.4 is 15.6 Å². The van der Waals surface area contributed by atoms with Crippen molar-refractivity contribution in [1.82, 2.24) is 20.2 Å². The van der Waals surface area contributed by atoms with E-state index in [1.807, 2.05) is 20.8 Å². The third-order valence-corrected chi connectivity index (χ3v) is 6.22. The Morgan fingerprint density at radius 1 is 1.42 bits per heavy atom. The molecule has 3 atom stereocenters. The van der Waals surface area contributed by atoms with Crippen LogP contribution in [0.25, 0.3) is 10.9 Å². The van der Waals surface area contributed by atoms with E-state index in [0.29, 0.717) is 6.54 Å². The normalized spacial score (nSPS) is 23.3. The second-order valence-electron chi connectivity index (χ2n) is 8.76. The fourth-order valence-corrected chi connectivity index (χ4v) is 4.76. The first-order chi connectivity index (χ1) is 14.5. The number of piperazine rings is 1. The summed E-state index contributed by atoms with van der Waals surface area (Å²) in [5.74, 6) is -0.514. The monoisotopic (exact) mass is 516 g/mol. The predicted molar refractivity (Wildman–Crippen MR) is 117 cm³/mol. The van der Waals surface area contributed by atoms with Gasteiger partial charge in [-0.2, -0.15) is 0 Å². The van der Waals surface area contributed by atoms with Gasteiger partial charge in [0.05, 0.1) is 16.6 Å². The van der Waals surface area contributed by atoms with E-state index in [0.717, 1.165) is 12.8 Å². The first-order valence-corrected chi connectivity index (χ1v) is 11.2. The summed E-state index contributed by atoms with van der Waals surface area (Å²) in [7, 11) is 0. The first-order valence-electron chi connectivity index (χ1n) is 10.00. The number of nitrogens with one attached hydrogen (secondary N) is 2. The third kappa shape index (κ3) is 4.38. The molecule has 0 saturated carbocycles. The Bertz CT molecular complexity index is 1090. The van der Waals surface area contributed by atoms with Crippen molar-refractivity contribution in [1.29, 1.82) is 0 Å². The predicted octanol–water partition coefficient (Wildman–Crippen LogP) is 3.60. The molecule has 1 amide bonds. The lowest BCUT2D eigenvalue weighted by Gasteiger charge is -2.41. The van der Waals surface area contributed by atoms with Gasteiger partial charge in [0.1, 0.15) is 28.9 Å². The Morgan fingerprint density at radius 3 is 2.87 bits per heavy atom. The fraction of sp³-hybridized carbons (Fsp3) is 0.550. The fourth-order valence-electron chi connectivity index (χ4n) is 4.19. The van der Waals surface area contributed by atoms with Crippen LogP contribution in [-0.4, -0.2) is 57.8 Å². The lowest BCUT2D eigenvalue weighted by molar-refractivity contribution is 0.00125. The van der Waals surface area contributed by atoms with Gasteiger partial charge in [0.15, 0.2) is 5.82 Å². The summed E-state index contributed by atoms with van der Waals surface area (Å²) in [6.45, 7) is 6.31. The number of hydrogen-bond donors (Lipinski definition) is 2. The van der Waals surface area contributed by atoms with E-state index in [-0.39, 0.29) is 57.2 Å². The van der Waals surface area contributed by atoms with Crippen LogP contribution in [0.2, 0.25) is 5.28 Å². The molecule has 1 aromatic heterocycles. The average Bonchev–Trinajstić information content (AvgIpc) is 2.98. The molecule has 3 heterocycles. The number of carbonyl (C=O) groups excluding carboxylic acids is 1. The van der Waals surface area contributed by atoms with Crippen molar-refractivity contribution in [2.24, 2.45) is 0 Å². The van der Waals surface area contributed by atoms with E-state index in [9.17, 15) is 14.0 Å². The number of H-pyrrole nitrogens is 1. The molecule has 0 aliphatic carbocycles. The van der Waals surface area contributed by atoms with E-state index in [1.54, 1.807) is 4.90 Å². The third-order valence-electron chi connectivity index (χ3n) is 5.46. The highest BCUT2D eigenvalue weighted by molar-refractivity contribution is 9.10. The maximum absolute atomic E-state index is 14.5. The van der Waals surface area contributed by atoms with Crippen molar-refractivity contribution in [3.05, 3.63) is 32.0 Å². The standard InChI is InChI=1S/C20H23BrClFN4O4/c1-20(2,3)31-19(29)27-9-4-5-12(27)11(24-7-9)8-30-13-6-10(21)15(23)16-14(13)17(28)26-18(22)25-16/h6,9,11-12,24H,4-5,7-8H2,1-3H3,(H,25,26,28)/t9-,11+,12+/m0/s1. The van der Waals surface area contributed by atoms with Gasteiger partial charge in [-0.15, -0.1) is 0 Å². The van der Waals surface area contributed by atoms with Gasteiger partial charge in [0.2, 0.25) is 5.28 Å². The number of rotatable bonds is 3. The zero-order chi connectivity index (χ0) is 22.5. The maximum Gasteiger partial charge on any atom is 0.410 e. The van der Waals surface area contributed by atoms with Gasteiger partial charge in [-0.25, -0.2) is 14.2 Å². The number of aromatic amines is 1. The van der Waals surface area contributed by atoms with Gasteiger partial charge in [-0.1, -0.05) is 0 Å². The highest BCUT2D eigenvalue weighted by Crippen LogP contribution is 2.34. The quantitative estimate of drug-likeness (QED) is 0.604. The number of hydrogen-bond acceptors (Lipinski definition) is 6. The number of aromatic nitrogens is 2. The van der Waals surface area contributed by atoms with Gasteiger partial charge >= 0.3 is 6.09 Å². The second-order valence-corrected chi connectivity index (χ2v) is 9.98. The van der Waals surface area contributed by atoms with Crippen molar-refractivity contribution < 1.29 is 18.7 Å². The number of carbonyl (C=O) groups is 1. The molecule has 2 aliphatic heterocycles. The topological polar surface area (TPSA) is 96.5 Å². The van der Waals surface area contributed by atoms with E-state index in [4.69, 9.17) is 21.1 Å². The molecule has 0 radical (unpaired) electrons. The van der Waals surface area contributed by atoms with Crippen molar-refractivity contribution in [2.45, 2.75) is 57.3 Å². The molecule has 8 nitrogen and oxygen atoms in total. The van der Waals surface area contributed by atoms with E-state index >= 15 is 0 Å². The summed E-state index contributed by atoms with van der Waals surface area (Å²) in [6, 6.07) is 1.19. The summed E-state index contributed by atoms with van der Waals surface area (Å²) < 4.78 is 26.1. The van der Waals surface area contributed by atoms with Crippen LogP contribution in [0.5, 0.6) is 5.75 Å². The van der Waals surface area contributed by atoms with Crippen molar-refractivity contribution in [2.75, 3.05) is 13.2 Å². The van der Waals surface area contributed by atoms with Gasteiger partial charge < -0.3 is 14.8 Å². The number of ether oxygens (including phenoxy) is 2. The van der Waals surface area contributed by atoms with Crippen LogP contribution in [0.4, 0.5) is 9.18 Å². The zero-order valence-corrected chi connectivity index (χ0v) is 19.6. The van der Waals surface area contributed by atoms with Crippen molar-refractivity contribution in [3.63, 3.8) is 0 Å². The molecular weight excluding hydrogens is 495 g/mol. The Labute approximate surface area is 191 Å². The van der Waals surface area contributed by atoms with Crippen LogP contribution in [-0.2, 0) is 4.74 Å². The molecule has 2 N–H and O–H groups in total. The number of halogens is 3. The largest absolute Gasteiger partial charge is 0.491 e. The minimum atomic E-state index is -0.694. The number of fused-ring (bicyclic) bond motifs is 3. The Hall–Kier alpha value is -1.91. The lowest BCUT2D eigenvalue weighted by Crippen LogP contribution is -2.61. The van der Waals surface area contributed by atoms with Gasteiger partial charge in [0.25, 0.3) is 5.56 Å². The minimum Gasteiger partial charge on any atom is -0.491 e. The molecule has 31 heavy (non-hydrogen) atoms. The summed E-state index contributed by atoms with van der Waals surface area (Å²) in [5, 5.41) is 3.19. The van der Waals surface area contributed by atoms with Crippen LogP contribution in [0.3, 0.4) is 0 Å². The highest BCUT2D eigenvalue weighted by atomic mass is 79.9. The molecule has 2 saturated heterocycles. The van der Waals surface area contributed by atoms with E-state index in [1.165, 1.54) is 6.07 Å². The summed E-state index contributed by atoms with van der Waals surface area (Å²) in [5.41, 5.74) is -1.35. The van der Waals surface area contributed by atoms with Gasteiger partial charge in [0, 0.05) is 12.6 Å². The molecule has 168 valence electrons. The summed E-state index contributed by atoms with van der Waals surface area (Å²) in [6.07, 6.45) is 1.36. The average molecular weight is 518 g/mol. The molecule has 0 unspecified atom stereocenters. The van der Waals surface area contributed by atoms with Crippen molar-refractivity contribution in [3.8, 4) is 5.75 Å².